The minimum absolute atomic E-state index is 0.191. The van der Waals surface area contributed by atoms with Crippen LogP contribution in [0, 0.1) is 23.4 Å². The maximum atomic E-state index is 13.6. The largest absolute Gasteiger partial charge is 0.327 e. The standard InChI is InChI=1S/C20H21F3N2O/c21-16-6-7-17(20(23)19(16)22)24-18(26)13-25-10-8-15(9-11-25)12-14-4-2-1-3-5-14/h1-7,15H,8-13H2,(H,24,26)/p+1. The number of anilines is 1. The van der Waals surface area contributed by atoms with Gasteiger partial charge in [0.05, 0.1) is 18.8 Å². The predicted molar refractivity (Wildman–Crippen MR) is 93.4 cm³/mol. The van der Waals surface area contributed by atoms with Crippen molar-refractivity contribution in [2.24, 2.45) is 5.92 Å². The number of hydrogen-bond acceptors (Lipinski definition) is 1. The highest BCUT2D eigenvalue weighted by atomic mass is 19.2. The summed E-state index contributed by atoms with van der Waals surface area (Å²) in [5, 5.41) is 2.34. The van der Waals surface area contributed by atoms with E-state index in [1.165, 1.54) is 5.56 Å². The highest BCUT2D eigenvalue weighted by molar-refractivity contribution is 5.91. The lowest BCUT2D eigenvalue weighted by Gasteiger charge is -2.29. The molecule has 2 aromatic carbocycles. The summed E-state index contributed by atoms with van der Waals surface area (Å²) >= 11 is 0. The number of halogens is 3. The summed E-state index contributed by atoms with van der Waals surface area (Å²) in [5.41, 5.74) is 1.000. The Kier molecular flexibility index (Phi) is 5.93. The molecule has 1 aliphatic rings. The lowest BCUT2D eigenvalue weighted by molar-refractivity contribution is -0.898. The van der Waals surface area contributed by atoms with Crippen LogP contribution in [0.25, 0.3) is 0 Å². The third-order valence-electron chi connectivity index (χ3n) is 4.90. The molecule has 1 saturated heterocycles. The van der Waals surface area contributed by atoms with Gasteiger partial charge in [-0.05, 0) is 42.9 Å². The number of nitrogens with one attached hydrogen (secondary N) is 2. The number of carbonyl (C=O) groups excluding carboxylic acids is 1. The summed E-state index contributed by atoms with van der Waals surface area (Å²) in [4.78, 5) is 13.2. The summed E-state index contributed by atoms with van der Waals surface area (Å²) in [6.45, 7) is 1.92. The molecule has 3 rings (SSSR count). The SMILES string of the molecule is O=C(C[NH+]1CCC(Cc2ccccc2)CC1)Nc1ccc(F)c(F)c1F. The summed E-state index contributed by atoms with van der Waals surface area (Å²) in [7, 11) is 0. The predicted octanol–water partition coefficient (Wildman–Crippen LogP) is 2.58. The van der Waals surface area contributed by atoms with Crippen molar-refractivity contribution in [3.63, 3.8) is 0 Å². The third-order valence-corrected chi connectivity index (χ3v) is 4.90. The van der Waals surface area contributed by atoms with Gasteiger partial charge in [0.25, 0.3) is 5.91 Å². The van der Waals surface area contributed by atoms with Gasteiger partial charge in [0.15, 0.2) is 24.0 Å². The van der Waals surface area contributed by atoms with Crippen LogP contribution in [0.5, 0.6) is 0 Å². The molecule has 1 heterocycles. The molecule has 6 heteroatoms. The van der Waals surface area contributed by atoms with Gasteiger partial charge in [-0.1, -0.05) is 30.3 Å². The maximum absolute atomic E-state index is 13.6. The number of benzene rings is 2. The zero-order valence-electron chi connectivity index (χ0n) is 14.4. The Morgan fingerprint density at radius 3 is 2.38 bits per heavy atom. The summed E-state index contributed by atoms with van der Waals surface area (Å²) in [5.74, 6) is -4.00. The minimum atomic E-state index is -1.57. The molecular formula is C20H22F3N2O+. The fourth-order valence-electron chi connectivity index (χ4n) is 3.46. The highest BCUT2D eigenvalue weighted by Gasteiger charge is 2.24. The first-order valence-electron chi connectivity index (χ1n) is 8.83. The maximum Gasteiger partial charge on any atom is 0.279 e. The smallest absolute Gasteiger partial charge is 0.279 e. The Labute approximate surface area is 150 Å². The van der Waals surface area contributed by atoms with Crippen LogP contribution in [-0.4, -0.2) is 25.5 Å². The van der Waals surface area contributed by atoms with E-state index in [-0.39, 0.29) is 12.2 Å². The number of rotatable bonds is 5. The summed E-state index contributed by atoms with van der Waals surface area (Å²) in [6.07, 6.45) is 3.09. The monoisotopic (exact) mass is 363 g/mol. The van der Waals surface area contributed by atoms with E-state index in [1.807, 2.05) is 18.2 Å². The molecule has 0 radical (unpaired) electrons. The molecule has 1 aliphatic heterocycles. The average molecular weight is 363 g/mol. The molecule has 0 unspecified atom stereocenters. The van der Waals surface area contributed by atoms with Crippen LogP contribution < -0.4 is 10.2 Å². The minimum Gasteiger partial charge on any atom is -0.327 e. The van der Waals surface area contributed by atoms with Crippen LogP contribution in [0.3, 0.4) is 0 Å². The van der Waals surface area contributed by atoms with Gasteiger partial charge in [-0.25, -0.2) is 13.2 Å². The van der Waals surface area contributed by atoms with Crippen molar-refractivity contribution in [1.29, 1.82) is 0 Å². The van der Waals surface area contributed by atoms with Crippen molar-refractivity contribution < 1.29 is 22.9 Å². The number of quaternary nitrogens is 1. The van der Waals surface area contributed by atoms with E-state index in [0.717, 1.165) is 49.4 Å². The quantitative estimate of drug-likeness (QED) is 0.787. The zero-order chi connectivity index (χ0) is 18.5. The van der Waals surface area contributed by atoms with E-state index in [1.54, 1.807) is 0 Å². The topological polar surface area (TPSA) is 33.5 Å². The zero-order valence-corrected chi connectivity index (χ0v) is 14.4. The van der Waals surface area contributed by atoms with Gasteiger partial charge in [-0.15, -0.1) is 0 Å². The molecular weight excluding hydrogens is 341 g/mol. The molecule has 0 bridgehead atoms. The van der Waals surface area contributed by atoms with Crippen LogP contribution in [0.15, 0.2) is 42.5 Å². The lowest BCUT2D eigenvalue weighted by Crippen LogP contribution is -3.14. The van der Waals surface area contributed by atoms with Gasteiger partial charge >= 0.3 is 0 Å². The van der Waals surface area contributed by atoms with Crippen molar-refractivity contribution in [2.75, 3.05) is 25.0 Å². The summed E-state index contributed by atoms with van der Waals surface area (Å²) in [6, 6.07) is 12.2. The normalized spacial score (nSPS) is 20.0. The van der Waals surface area contributed by atoms with E-state index in [9.17, 15) is 18.0 Å². The second-order valence-corrected chi connectivity index (χ2v) is 6.83. The van der Waals surface area contributed by atoms with Crippen LogP contribution in [0.1, 0.15) is 18.4 Å². The van der Waals surface area contributed by atoms with E-state index >= 15 is 0 Å². The van der Waals surface area contributed by atoms with Gasteiger partial charge in [0.2, 0.25) is 0 Å². The molecule has 3 nitrogen and oxygen atoms in total. The van der Waals surface area contributed by atoms with E-state index in [4.69, 9.17) is 0 Å². The third kappa shape index (κ3) is 4.64. The van der Waals surface area contributed by atoms with Crippen LogP contribution in [0.4, 0.5) is 18.9 Å². The van der Waals surface area contributed by atoms with Gasteiger partial charge in [-0.3, -0.25) is 4.79 Å². The highest BCUT2D eigenvalue weighted by Crippen LogP contribution is 2.19. The molecule has 0 saturated carbocycles. The number of piperidine rings is 1. The molecule has 1 fully saturated rings. The summed E-state index contributed by atoms with van der Waals surface area (Å²) < 4.78 is 39.8. The van der Waals surface area contributed by atoms with Crippen LogP contribution in [-0.2, 0) is 11.2 Å². The van der Waals surface area contributed by atoms with Gasteiger partial charge in [-0.2, -0.15) is 0 Å². The van der Waals surface area contributed by atoms with Gasteiger partial charge in [0.1, 0.15) is 0 Å². The second-order valence-electron chi connectivity index (χ2n) is 6.83. The molecule has 2 aromatic rings. The second kappa shape index (κ2) is 8.36. The number of amides is 1. The Hall–Kier alpha value is -2.34. The van der Waals surface area contributed by atoms with Crippen molar-refractivity contribution in [3.05, 3.63) is 65.5 Å². The number of carbonyl (C=O) groups is 1. The van der Waals surface area contributed by atoms with Crippen molar-refractivity contribution in [3.8, 4) is 0 Å². The fraction of sp³-hybridized carbons (Fsp3) is 0.350. The first-order valence-corrected chi connectivity index (χ1v) is 8.83. The fourth-order valence-corrected chi connectivity index (χ4v) is 3.46. The van der Waals surface area contributed by atoms with Gasteiger partial charge < -0.3 is 10.2 Å². The van der Waals surface area contributed by atoms with E-state index in [0.29, 0.717) is 5.92 Å². The number of likely N-dealkylation sites (tertiary alicyclic amines) is 1. The molecule has 0 spiro atoms. The van der Waals surface area contributed by atoms with Crippen molar-refractivity contribution >= 4 is 11.6 Å². The van der Waals surface area contributed by atoms with E-state index < -0.39 is 23.4 Å². The van der Waals surface area contributed by atoms with Crippen LogP contribution >= 0.6 is 0 Å². The average Bonchev–Trinajstić information content (AvgIpc) is 2.65. The Morgan fingerprint density at radius 1 is 1.00 bits per heavy atom. The van der Waals surface area contributed by atoms with Gasteiger partial charge in [0, 0.05) is 0 Å². The molecule has 138 valence electrons. The Bertz CT molecular complexity index is 759. The Balaban J connectivity index is 1.47. The first-order chi connectivity index (χ1) is 12.5. The van der Waals surface area contributed by atoms with Crippen LogP contribution in [0.2, 0.25) is 0 Å². The molecule has 0 aliphatic carbocycles. The van der Waals surface area contributed by atoms with E-state index in [2.05, 4.69) is 17.4 Å². The molecule has 0 aromatic heterocycles. The first kappa shape index (κ1) is 18.5. The molecule has 0 atom stereocenters. The number of hydrogen-bond donors (Lipinski definition) is 2. The van der Waals surface area contributed by atoms with Crippen molar-refractivity contribution in [2.45, 2.75) is 19.3 Å². The Morgan fingerprint density at radius 2 is 1.69 bits per heavy atom. The lowest BCUT2D eigenvalue weighted by atomic mass is 9.90. The molecule has 26 heavy (non-hydrogen) atoms. The van der Waals surface area contributed by atoms with Crippen molar-refractivity contribution in [1.82, 2.24) is 0 Å². The molecule has 2 N–H and O–H groups in total. The molecule has 1 amide bonds.